The number of ether oxygens (including phenoxy) is 2. The third-order valence-electron chi connectivity index (χ3n) is 1.86. The van der Waals surface area contributed by atoms with Gasteiger partial charge in [0.2, 0.25) is 0 Å². The first-order valence-corrected chi connectivity index (χ1v) is 6.20. The molecule has 1 atom stereocenters. The Bertz CT molecular complexity index is 353. The van der Waals surface area contributed by atoms with E-state index < -0.39 is 27.9 Å². The predicted octanol–water partition coefficient (Wildman–Crippen LogP) is 0.825. The van der Waals surface area contributed by atoms with E-state index in [9.17, 15) is 22.0 Å². The Hall–Kier alpha value is -0.800. The SMILES string of the molecule is CCC(C)OCCOC(=O)C(F)(F)S(=O)(=O)O. The number of alkyl halides is 2. The summed E-state index contributed by atoms with van der Waals surface area (Å²) in [5.41, 5.74) is 0. The molecule has 0 aromatic carbocycles. The van der Waals surface area contributed by atoms with Crippen molar-refractivity contribution in [2.24, 2.45) is 0 Å². The second-order valence-electron chi connectivity index (χ2n) is 3.22. The van der Waals surface area contributed by atoms with Crippen LogP contribution in [0.5, 0.6) is 0 Å². The summed E-state index contributed by atoms with van der Waals surface area (Å²) < 4.78 is 62.6. The summed E-state index contributed by atoms with van der Waals surface area (Å²) in [6.07, 6.45) is 0.561. The lowest BCUT2D eigenvalue weighted by molar-refractivity contribution is -0.163. The Labute approximate surface area is 97.6 Å². The third kappa shape index (κ3) is 4.92. The second kappa shape index (κ2) is 6.22. The molecule has 102 valence electrons. The molecule has 0 aromatic rings. The molecule has 0 spiro atoms. The van der Waals surface area contributed by atoms with E-state index in [1.807, 2.05) is 6.92 Å². The molecule has 9 heteroatoms. The van der Waals surface area contributed by atoms with Crippen molar-refractivity contribution in [3.8, 4) is 0 Å². The van der Waals surface area contributed by atoms with E-state index >= 15 is 0 Å². The molecule has 0 aromatic heterocycles. The maximum absolute atomic E-state index is 12.6. The van der Waals surface area contributed by atoms with E-state index in [4.69, 9.17) is 9.29 Å². The average molecular weight is 276 g/mol. The highest BCUT2D eigenvalue weighted by Gasteiger charge is 2.54. The first-order chi connectivity index (χ1) is 7.63. The molecule has 0 aliphatic heterocycles. The molecule has 0 fully saturated rings. The van der Waals surface area contributed by atoms with Crippen LogP contribution in [0.15, 0.2) is 0 Å². The number of halogens is 2. The van der Waals surface area contributed by atoms with Crippen molar-refractivity contribution in [2.75, 3.05) is 13.2 Å². The minimum atomic E-state index is -5.81. The van der Waals surface area contributed by atoms with Crippen LogP contribution in [0.4, 0.5) is 8.78 Å². The average Bonchev–Trinajstić information content (AvgIpc) is 2.21. The summed E-state index contributed by atoms with van der Waals surface area (Å²) >= 11 is 0. The molecule has 1 N–H and O–H groups in total. The zero-order chi connectivity index (χ0) is 13.7. The molecular weight excluding hydrogens is 262 g/mol. The summed E-state index contributed by atoms with van der Waals surface area (Å²) in [6, 6.07) is 0. The third-order valence-corrected chi connectivity index (χ3v) is 2.67. The van der Waals surface area contributed by atoms with Gasteiger partial charge >= 0.3 is 21.3 Å². The van der Waals surface area contributed by atoms with E-state index in [2.05, 4.69) is 4.74 Å². The Morgan fingerprint density at radius 1 is 1.41 bits per heavy atom. The number of hydrogen-bond donors (Lipinski definition) is 1. The number of carbonyl (C=O) groups is 1. The lowest BCUT2D eigenvalue weighted by Crippen LogP contribution is -2.39. The molecule has 0 radical (unpaired) electrons. The molecule has 0 saturated carbocycles. The topological polar surface area (TPSA) is 89.9 Å². The minimum absolute atomic E-state index is 0.129. The molecule has 0 saturated heterocycles. The van der Waals surface area contributed by atoms with Gasteiger partial charge in [0, 0.05) is 0 Å². The van der Waals surface area contributed by atoms with Crippen molar-refractivity contribution in [3.05, 3.63) is 0 Å². The first kappa shape index (κ1) is 16.2. The van der Waals surface area contributed by atoms with E-state index in [0.29, 0.717) is 6.42 Å². The summed E-state index contributed by atoms with van der Waals surface area (Å²) in [4.78, 5) is 10.7. The van der Waals surface area contributed by atoms with E-state index in [1.165, 1.54) is 0 Å². The molecule has 0 heterocycles. The highest BCUT2D eigenvalue weighted by molar-refractivity contribution is 7.87. The Balaban J connectivity index is 4.12. The van der Waals surface area contributed by atoms with Crippen LogP contribution in [0.3, 0.4) is 0 Å². The Morgan fingerprint density at radius 3 is 2.35 bits per heavy atom. The Morgan fingerprint density at radius 2 is 1.94 bits per heavy atom. The smallest absolute Gasteiger partial charge is 0.458 e. The molecule has 0 aliphatic carbocycles. The fourth-order valence-corrected chi connectivity index (χ4v) is 0.960. The van der Waals surface area contributed by atoms with Crippen LogP contribution in [-0.2, 0) is 24.4 Å². The normalized spacial score (nSPS) is 14.4. The molecule has 6 nitrogen and oxygen atoms in total. The maximum Gasteiger partial charge on any atom is 0.465 e. The summed E-state index contributed by atoms with van der Waals surface area (Å²) in [5, 5.41) is -4.95. The number of hydrogen-bond acceptors (Lipinski definition) is 5. The molecule has 1 unspecified atom stereocenters. The maximum atomic E-state index is 12.6. The number of esters is 1. The minimum Gasteiger partial charge on any atom is -0.458 e. The standard InChI is InChI=1S/C8H14F2O6S/c1-3-6(2)15-4-5-16-7(11)8(9,10)17(12,13)14/h6H,3-5H2,1-2H3,(H,12,13,14). The number of carbonyl (C=O) groups excluding carboxylic acids is 1. The molecule has 0 bridgehead atoms. The molecule has 0 aliphatic rings. The zero-order valence-electron chi connectivity index (χ0n) is 9.35. The van der Waals surface area contributed by atoms with Gasteiger partial charge < -0.3 is 9.47 Å². The summed E-state index contributed by atoms with van der Waals surface area (Å²) in [6.45, 7) is 2.91. The zero-order valence-corrected chi connectivity index (χ0v) is 10.2. The van der Waals surface area contributed by atoms with Crippen LogP contribution in [0.1, 0.15) is 20.3 Å². The van der Waals surface area contributed by atoms with Crippen LogP contribution in [0, 0.1) is 0 Å². The van der Waals surface area contributed by atoms with Crippen molar-refractivity contribution in [1.82, 2.24) is 0 Å². The van der Waals surface area contributed by atoms with Gasteiger partial charge in [-0.25, -0.2) is 4.79 Å². The van der Waals surface area contributed by atoms with Crippen molar-refractivity contribution < 1.29 is 36.0 Å². The molecule has 0 rings (SSSR count). The van der Waals surface area contributed by atoms with Crippen LogP contribution >= 0.6 is 0 Å². The first-order valence-electron chi connectivity index (χ1n) is 4.76. The van der Waals surface area contributed by atoms with Gasteiger partial charge in [0.05, 0.1) is 12.7 Å². The van der Waals surface area contributed by atoms with Crippen LogP contribution in [-0.4, -0.2) is 43.5 Å². The molecule has 17 heavy (non-hydrogen) atoms. The highest BCUT2D eigenvalue weighted by atomic mass is 32.2. The Kier molecular flexibility index (Phi) is 5.93. The van der Waals surface area contributed by atoms with Gasteiger partial charge in [-0.3, -0.25) is 4.55 Å². The van der Waals surface area contributed by atoms with E-state index in [0.717, 1.165) is 0 Å². The lowest BCUT2D eigenvalue weighted by Gasteiger charge is -2.13. The molecule has 0 amide bonds. The predicted molar refractivity (Wildman–Crippen MR) is 53.2 cm³/mol. The van der Waals surface area contributed by atoms with E-state index in [-0.39, 0.29) is 12.7 Å². The summed E-state index contributed by atoms with van der Waals surface area (Å²) in [5.74, 6) is -2.33. The lowest BCUT2D eigenvalue weighted by atomic mass is 10.3. The second-order valence-corrected chi connectivity index (χ2v) is 4.68. The van der Waals surface area contributed by atoms with Gasteiger partial charge in [0.15, 0.2) is 0 Å². The van der Waals surface area contributed by atoms with Crippen LogP contribution < -0.4 is 0 Å². The fraction of sp³-hybridized carbons (Fsp3) is 0.875. The van der Waals surface area contributed by atoms with Crippen molar-refractivity contribution in [1.29, 1.82) is 0 Å². The fourth-order valence-electron chi connectivity index (χ4n) is 0.691. The van der Waals surface area contributed by atoms with Crippen LogP contribution in [0.25, 0.3) is 0 Å². The summed E-state index contributed by atoms with van der Waals surface area (Å²) in [7, 11) is -5.81. The van der Waals surface area contributed by atoms with E-state index in [1.54, 1.807) is 6.92 Å². The van der Waals surface area contributed by atoms with Gasteiger partial charge in [-0.1, -0.05) is 6.92 Å². The van der Waals surface area contributed by atoms with Crippen LogP contribution in [0.2, 0.25) is 0 Å². The van der Waals surface area contributed by atoms with Crippen molar-refractivity contribution in [3.63, 3.8) is 0 Å². The highest BCUT2D eigenvalue weighted by Crippen LogP contribution is 2.21. The molecular formula is C8H14F2O6S. The largest absolute Gasteiger partial charge is 0.465 e. The monoisotopic (exact) mass is 276 g/mol. The van der Waals surface area contributed by atoms with Gasteiger partial charge in [0.25, 0.3) is 0 Å². The van der Waals surface area contributed by atoms with Gasteiger partial charge in [-0.05, 0) is 13.3 Å². The number of rotatable bonds is 7. The van der Waals surface area contributed by atoms with Crippen molar-refractivity contribution in [2.45, 2.75) is 31.6 Å². The van der Waals surface area contributed by atoms with Gasteiger partial charge in [0.1, 0.15) is 6.61 Å². The van der Waals surface area contributed by atoms with Crippen molar-refractivity contribution >= 4 is 16.1 Å². The quantitative estimate of drug-likeness (QED) is 0.421. The van der Waals surface area contributed by atoms with Gasteiger partial charge in [-0.15, -0.1) is 0 Å². The van der Waals surface area contributed by atoms with Gasteiger partial charge in [-0.2, -0.15) is 17.2 Å².